The van der Waals surface area contributed by atoms with Crippen LogP contribution in [-0.2, 0) is 4.79 Å². The maximum absolute atomic E-state index is 12.9. The minimum Gasteiger partial charge on any atom is -0.457 e. The molecule has 0 radical (unpaired) electrons. The summed E-state index contributed by atoms with van der Waals surface area (Å²) in [6.07, 6.45) is 1.75. The minimum absolute atomic E-state index is 0.126. The normalized spacial score (nSPS) is 15.7. The molecule has 3 nitrogen and oxygen atoms in total. The molecule has 1 fully saturated rings. The van der Waals surface area contributed by atoms with E-state index in [0.29, 0.717) is 15.0 Å². The second kappa shape index (κ2) is 7.70. The lowest BCUT2D eigenvalue weighted by Crippen LogP contribution is -2.28. The standard InChI is InChI=1S/C22H16BrNO2S2/c1-13-7-9-16(17(23)11-13)19-10-8-15(26-19)12-20-21(25)24(22(27)28-20)18-6-4-3-5-14(18)2/h3-12H,1-2H3/b20-12+. The van der Waals surface area contributed by atoms with Crippen LogP contribution >= 0.6 is 39.9 Å². The molecule has 1 aromatic heterocycles. The lowest BCUT2D eigenvalue weighted by molar-refractivity contribution is -0.113. The van der Waals surface area contributed by atoms with Crippen molar-refractivity contribution in [1.29, 1.82) is 0 Å². The lowest BCUT2D eigenvalue weighted by atomic mass is 10.1. The van der Waals surface area contributed by atoms with Crippen molar-refractivity contribution in [1.82, 2.24) is 0 Å². The van der Waals surface area contributed by atoms with Crippen LogP contribution in [0.15, 0.2) is 68.4 Å². The Labute approximate surface area is 181 Å². The van der Waals surface area contributed by atoms with Gasteiger partial charge in [0.1, 0.15) is 11.5 Å². The van der Waals surface area contributed by atoms with Gasteiger partial charge in [0, 0.05) is 16.1 Å². The van der Waals surface area contributed by atoms with Crippen molar-refractivity contribution in [2.45, 2.75) is 13.8 Å². The lowest BCUT2D eigenvalue weighted by Gasteiger charge is -2.16. The van der Waals surface area contributed by atoms with Gasteiger partial charge < -0.3 is 4.42 Å². The Morgan fingerprint density at radius 1 is 1.11 bits per heavy atom. The predicted octanol–water partition coefficient (Wildman–Crippen LogP) is 6.73. The largest absolute Gasteiger partial charge is 0.457 e. The van der Waals surface area contributed by atoms with Crippen LogP contribution < -0.4 is 4.90 Å². The number of anilines is 1. The maximum Gasteiger partial charge on any atom is 0.270 e. The summed E-state index contributed by atoms with van der Waals surface area (Å²) in [5.74, 6) is 1.24. The number of thioether (sulfide) groups is 1. The highest BCUT2D eigenvalue weighted by Gasteiger charge is 2.34. The molecule has 0 unspecified atom stereocenters. The van der Waals surface area contributed by atoms with E-state index in [4.69, 9.17) is 16.6 Å². The van der Waals surface area contributed by atoms with Gasteiger partial charge in [-0.2, -0.15) is 0 Å². The van der Waals surface area contributed by atoms with Crippen molar-refractivity contribution in [2.24, 2.45) is 0 Å². The number of thiocarbonyl (C=S) groups is 1. The van der Waals surface area contributed by atoms with E-state index in [1.807, 2.05) is 68.4 Å². The first kappa shape index (κ1) is 19.2. The molecule has 0 aliphatic carbocycles. The van der Waals surface area contributed by atoms with E-state index >= 15 is 0 Å². The van der Waals surface area contributed by atoms with Crippen molar-refractivity contribution in [3.05, 3.63) is 80.9 Å². The smallest absolute Gasteiger partial charge is 0.270 e. The highest BCUT2D eigenvalue weighted by Crippen LogP contribution is 2.38. The van der Waals surface area contributed by atoms with Crippen molar-refractivity contribution in [2.75, 3.05) is 4.90 Å². The molecular weight excluding hydrogens is 454 g/mol. The molecule has 1 amide bonds. The number of aryl methyl sites for hydroxylation is 2. The average Bonchev–Trinajstić information content (AvgIpc) is 3.21. The molecule has 2 aromatic carbocycles. The summed E-state index contributed by atoms with van der Waals surface area (Å²) in [7, 11) is 0. The van der Waals surface area contributed by atoms with Crippen LogP contribution in [0.4, 0.5) is 5.69 Å². The number of para-hydroxylation sites is 1. The number of amides is 1. The minimum atomic E-state index is -0.126. The molecule has 2 heterocycles. The molecule has 0 saturated carbocycles. The molecule has 0 spiro atoms. The van der Waals surface area contributed by atoms with Gasteiger partial charge in [-0.15, -0.1) is 0 Å². The van der Waals surface area contributed by atoms with Gasteiger partial charge in [0.2, 0.25) is 0 Å². The number of rotatable bonds is 3. The molecule has 4 rings (SSSR count). The zero-order chi connectivity index (χ0) is 19.8. The van der Waals surface area contributed by atoms with Gasteiger partial charge in [-0.3, -0.25) is 9.69 Å². The molecule has 1 aliphatic heterocycles. The number of carbonyl (C=O) groups excluding carboxylic acids is 1. The molecule has 1 saturated heterocycles. The predicted molar refractivity (Wildman–Crippen MR) is 123 cm³/mol. The SMILES string of the molecule is Cc1ccc(-c2ccc(/C=C3/SC(=S)N(c4ccccc4C)C3=O)o2)c(Br)c1. The summed E-state index contributed by atoms with van der Waals surface area (Å²) in [6.45, 7) is 4.01. The highest BCUT2D eigenvalue weighted by atomic mass is 79.9. The van der Waals surface area contributed by atoms with Gasteiger partial charge in [0.05, 0.1) is 10.6 Å². The van der Waals surface area contributed by atoms with E-state index in [1.54, 1.807) is 11.0 Å². The monoisotopic (exact) mass is 469 g/mol. The molecule has 0 bridgehead atoms. The molecule has 3 aromatic rings. The van der Waals surface area contributed by atoms with Crippen LogP contribution in [0.25, 0.3) is 17.4 Å². The van der Waals surface area contributed by atoms with Crippen LogP contribution in [0.3, 0.4) is 0 Å². The topological polar surface area (TPSA) is 33.5 Å². The van der Waals surface area contributed by atoms with E-state index in [0.717, 1.165) is 27.0 Å². The van der Waals surface area contributed by atoms with Gasteiger partial charge >= 0.3 is 0 Å². The summed E-state index contributed by atoms with van der Waals surface area (Å²) in [5, 5.41) is 0. The number of hydrogen-bond acceptors (Lipinski definition) is 4. The molecule has 6 heteroatoms. The highest BCUT2D eigenvalue weighted by molar-refractivity contribution is 9.10. The molecule has 28 heavy (non-hydrogen) atoms. The fourth-order valence-electron chi connectivity index (χ4n) is 3.01. The first-order valence-corrected chi connectivity index (χ1v) is 10.7. The number of halogens is 1. The Bertz CT molecular complexity index is 1130. The Balaban J connectivity index is 1.64. The van der Waals surface area contributed by atoms with Crippen molar-refractivity contribution >= 4 is 61.9 Å². The Kier molecular flexibility index (Phi) is 5.27. The second-order valence-corrected chi connectivity index (χ2v) is 9.02. The quantitative estimate of drug-likeness (QED) is 0.314. The van der Waals surface area contributed by atoms with Gasteiger partial charge in [-0.05, 0) is 55.3 Å². The number of carbonyl (C=O) groups is 1. The fraction of sp³-hybridized carbons (Fsp3) is 0.0909. The van der Waals surface area contributed by atoms with Crippen LogP contribution in [0.5, 0.6) is 0 Å². The maximum atomic E-state index is 12.9. The second-order valence-electron chi connectivity index (χ2n) is 6.49. The summed E-state index contributed by atoms with van der Waals surface area (Å²) < 4.78 is 7.46. The van der Waals surface area contributed by atoms with E-state index in [-0.39, 0.29) is 5.91 Å². The fourth-order valence-corrected chi connectivity index (χ4v) is 4.97. The number of furan rings is 1. The van der Waals surface area contributed by atoms with Crippen LogP contribution in [0.1, 0.15) is 16.9 Å². The van der Waals surface area contributed by atoms with Crippen molar-refractivity contribution in [3.8, 4) is 11.3 Å². The third kappa shape index (κ3) is 3.60. The number of benzene rings is 2. The Morgan fingerprint density at radius 3 is 2.64 bits per heavy atom. The first-order valence-electron chi connectivity index (χ1n) is 8.64. The summed E-state index contributed by atoms with van der Waals surface area (Å²) >= 11 is 10.3. The summed E-state index contributed by atoms with van der Waals surface area (Å²) in [5.41, 5.74) is 3.96. The van der Waals surface area contributed by atoms with Crippen molar-refractivity contribution in [3.63, 3.8) is 0 Å². The van der Waals surface area contributed by atoms with Crippen LogP contribution in [-0.4, -0.2) is 10.2 Å². The molecule has 0 N–H and O–H groups in total. The molecule has 0 atom stereocenters. The van der Waals surface area contributed by atoms with Crippen LogP contribution in [0, 0.1) is 13.8 Å². The molecule has 1 aliphatic rings. The van der Waals surface area contributed by atoms with Gasteiger partial charge in [0.25, 0.3) is 5.91 Å². The van der Waals surface area contributed by atoms with Crippen molar-refractivity contribution < 1.29 is 9.21 Å². The van der Waals surface area contributed by atoms with Gasteiger partial charge in [-0.25, -0.2) is 0 Å². The molecule has 140 valence electrons. The first-order chi connectivity index (χ1) is 13.4. The van der Waals surface area contributed by atoms with E-state index in [1.165, 1.54) is 17.3 Å². The third-order valence-electron chi connectivity index (χ3n) is 4.44. The summed E-state index contributed by atoms with van der Waals surface area (Å²) in [4.78, 5) is 15.1. The Morgan fingerprint density at radius 2 is 1.89 bits per heavy atom. The average molecular weight is 470 g/mol. The summed E-state index contributed by atoms with van der Waals surface area (Å²) in [6, 6.07) is 17.6. The number of hydrogen-bond donors (Lipinski definition) is 0. The van der Waals surface area contributed by atoms with Gasteiger partial charge in [-0.1, -0.05) is 64.2 Å². The van der Waals surface area contributed by atoms with E-state index < -0.39 is 0 Å². The van der Waals surface area contributed by atoms with E-state index in [9.17, 15) is 4.79 Å². The zero-order valence-corrected chi connectivity index (χ0v) is 18.5. The number of nitrogens with zero attached hydrogens (tertiary/aromatic N) is 1. The van der Waals surface area contributed by atoms with E-state index in [2.05, 4.69) is 15.9 Å². The Hall–Kier alpha value is -2.15. The molecular formula is C22H16BrNO2S2. The zero-order valence-electron chi connectivity index (χ0n) is 15.2. The van der Waals surface area contributed by atoms with Crippen LogP contribution in [0.2, 0.25) is 0 Å². The van der Waals surface area contributed by atoms with Gasteiger partial charge in [0.15, 0.2) is 4.32 Å². The third-order valence-corrected chi connectivity index (χ3v) is 6.40.